The van der Waals surface area contributed by atoms with Gasteiger partial charge >= 0.3 is 6.03 Å². The summed E-state index contributed by atoms with van der Waals surface area (Å²) in [6.45, 7) is 0. The van der Waals surface area contributed by atoms with Crippen molar-refractivity contribution < 1.29 is 23.5 Å². The van der Waals surface area contributed by atoms with Crippen LogP contribution in [0.15, 0.2) is 24.4 Å². The summed E-state index contributed by atoms with van der Waals surface area (Å²) in [5, 5.41) is 23.0. The van der Waals surface area contributed by atoms with Crippen LogP contribution >= 0.6 is 0 Å². The maximum absolute atomic E-state index is 13.6. The predicted molar refractivity (Wildman–Crippen MR) is 93.3 cm³/mol. The van der Waals surface area contributed by atoms with E-state index in [1.165, 1.54) is 12.3 Å². The van der Waals surface area contributed by atoms with E-state index in [1.54, 1.807) is 0 Å². The summed E-state index contributed by atoms with van der Waals surface area (Å²) in [7, 11) is 0. The number of nitrogens with one attached hydrogen (secondary N) is 4. The standard InChI is InChI=1S/C17H19F2N5O3/c18-11-2-1-3-12(19)14(11)23-17(27)22-13-8-20-24-15(13)16(26)21-9-4-6-10(25)7-5-9/h1-3,8-10,25H,4-7H2,(H,20,24)(H,21,26)(H2,22,23,27). The zero-order chi connectivity index (χ0) is 19.4. The Morgan fingerprint density at radius 1 is 1.11 bits per heavy atom. The van der Waals surface area contributed by atoms with Gasteiger partial charge in [0.2, 0.25) is 0 Å². The summed E-state index contributed by atoms with van der Waals surface area (Å²) in [6, 6.07) is 2.19. The Labute approximate surface area is 153 Å². The topological polar surface area (TPSA) is 119 Å². The van der Waals surface area contributed by atoms with Crippen LogP contribution in [0, 0.1) is 11.6 Å². The average Bonchev–Trinajstić information content (AvgIpc) is 3.08. The van der Waals surface area contributed by atoms with Gasteiger partial charge in [0.15, 0.2) is 0 Å². The van der Waals surface area contributed by atoms with Crippen LogP contribution in [0.25, 0.3) is 0 Å². The molecule has 0 saturated heterocycles. The minimum atomic E-state index is -0.921. The van der Waals surface area contributed by atoms with E-state index in [1.807, 2.05) is 0 Å². The van der Waals surface area contributed by atoms with Crippen molar-refractivity contribution in [2.75, 3.05) is 10.6 Å². The van der Waals surface area contributed by atoms with Crippen molar-refractivity contribution in [2.24, 2.45) is 0 Å². The molecule has 1 aromatic heterocycles. The minimum absolute atomic E-state index is 0.0188. The molecule has 1 heterocycles. The third-order valence-corrected chi connectivity index (χ3v) is 4.35. The van der Waals surface area contributed by atoms with Gasteiger partial charge in [-0.3, -0.25) is 9.89 Å². The molecule has 8 nitrogen and oxygen atoms in total. The van der Waals surface area contributed by atoms with Crippen LogP contribution in [0.1, 0.15) is 36.2 Å². The minimum Gasteiger partial charge on any atom is -0.393 e. The monoisotopic (exact) mass is 379 g/mol. The first kappa shape index (κ1) is 18.8. The van der Waals surface area contributed by atoms with Crippen LogP contribution in [0.2, 0.25) is 0 Å². The number of carbonyl (C=O) groups excluding carboxylic acids is 2. The summed E-state index contributed by atoms with van der Waals surface area (Å²) in [5.41, 5.74) is -0.506. The molecule has 1 aliphatic rings. The number of halogens is 2. The van der Waals surface area contributed by atoms with Crippen molar-refractivity contribution in [3.05, 3.63) is 41.7 Å². The fraction of sp³-hybridized carbons (Fsp3) is 0.353. The molecule has 2 aromatic rings. The van der Waals surface area contributed by atoms with Crippen LogP contribution in [0.4, 0.5) is 25.0 Å². The number of nitrogens with zero attached hydrogens (tertiary/aromatic N) is 1. The Balaban J connectivity index is 1.62. The molecule has 0 atom stereocenters. The van der Waals surface area contributed by atoms with E-state index in [9.17, 15) is 23.5 Å². The SMILES string of the molecule is O=C(Nc1cn[nH]c1C(=O)NC1CCC(O)CC1)Nc1c(F)cccc1F. The van der Waals surface area contributed by atoms with E-state index in [2.05, 4.69) is 26.1 Å². The first-order valence-corrected chi connectivity index (χ1v) is 8.48. The molecule has 1 aromatic carbocycles. The van der Waals surface area contributed by atoms with E-state index in [-0.39, 0.29) is 23.5 Å². The molecular weight excluding hydrogens is 360 g/mol. The summed E-state index contributed by atoms with van der Waals surface area (Å²) in [6.07, 6.45) is 3.39. The fourth-order valence-electron chi connectivity index (χ4n) is 2.92. The molecule has 0 spiro atoms. The lowest BCUT2D eigenvalue weighted by molar-refractivity contribution is 0.0864. The van der Waals surface area contributed by atoms with Crippen LogP contribution in [-0.4, -0.2) is 39.4 Å². The summed E-state index contributed by atoms with van der Waals surface area (Å²) >= 11 is 0. The lowest BCUT2D eigenvalue weighted by Gasteiger charge is -2.26. The largest absolute Gasteiger partial charge is 0.393 e. The van der Waals surface area contributed by atoms with Gasteiger partial charge in [-0.2, -0.15) is 5.10 Å². The van der Waals surface area contributed by atoms with Gasteiger partial charge in [-0.15, -0.1) is 0 Å². The number of hydrogen-bond acceptors (Lipinski definition) is 4. The second kappa shape index (κ2) is 8.12. The van der Waals surface area contributed by atoms with Crippen LogP contribution in [0.5, 0.6) is 0 Å². The highest BCUT2D eigenvalue weighted by atomic mass is 19.1. The maximum Gasteiger partial charge on any atom is 0.323 e. The van der Waals surface area contributed by atoms with Gasteiger partial charge in [-0.25, -0.2) is 13.6 Å². The van der Waals surface area contributed by atoms with Crippen LogP contribution in [-0.2, 0) is 0 Å². The Morgan fingerprint density at radius 3 is 2.44 bits per heavy atom. The normalized spacial score (nSPS) is 19.4. The first-order valence-electron chi connectivity index (χ1n) is 8.48. The second-order valence-electron chi connectivity index (χ2n) is 6.31. The number of amides is 3. The maximum atomic E-state index is 13.6. The quantitative estimate of drug-likeness (QED) is 0.560. The van der Waals surface area contributed by atoms with E-state index in [0.29, 0.717) is 25.7 Å². The number of rotatable bonds is 4. The number of urea groups is 1. The van der Waals surface area contributed by atoms with Crippen molar-refractivity contribution >= 4 is 23.3 Å². The molecular formula is C17H19F2N5O3. The smallest absolute Gasteiger partial charge is 0.323 e. The molecule has 27 heavy (non-hydrogen) atoms. The van der Waals surface area contributed by atoms with Crippen molar-refractivity contribution in [1.82, 2.24) is 15.5 Å². The molecule has 5 N–H and O–H groups in total. The number of aliphatic hydroxyl groups is 1. The second-order valence-corrected chi connectivity index (χ2v) is 6.31. The zero-order valence-corrected chi connectivity index (χ0v) is 14.3. The van der Waals surface area contributed by atoms with Gasteiger partial charge in [0, 0.05) is 6.04 Å². The molecule has 3 amide bonds. The third kappa shape index (κ3) is 4.59. The highest BCUT2D eigenvalue weighted by Gasteiger charge is 2.24. The van der Waals surface area contributed by atoms with Gasteiger partial charge < -0.3 is 21.1 Å². The van der Waals surface area contributed by atoms with Gasteiger partial charge in [-0.1, -0.05) is 6.07 Å². The Kier molecular flexibility index (Phi) is 5.65. The Morgan fingerprint density at radius 2 is 1.78 bits per heavy atom. The van der Waals surface area contributed by atoms with E-state index in [4.69, 9.17) is 0 Å². The molecule has 10 heteroatoms. The van der Waals surface area contributed by atoms with Crippen molar-refractivity contribution in [3.8, 4) is 0 Å². The number of aromatic amines is 1. The lowest BCUT2D eigenvalue weighted by atomic mass is 9.93. The lowest BCUT2D eigenvalue weighted by Crippen LogP contribution is -2.39. The average molecular weight is 379 g/mol. The molecule has 1 fully saturated rings. The number of aromatic nitrogens is 2. The van der Waals surface area contributed by atoms with E-state index < -0.39 is 29.3 Å². The van der Waals surface area contributed by atoms with E-state index >= 15 is 0 Å². The fourth-order valence-corrected chi connectivity index (χ4v) is 2.92. The summed E-state index contributed by atoms with van der Waals surface area (Å²) in [4.78, 5) is 24.4. The number of hydrogen-bond donors (Lipinski definition) is 5. The summed E-state index contributed by atoms with van der Waals surface area (Å²) < 4.78 is 27.2. The third-order valence-electron chi connectivity index (χ3n) is 4.35. The summed E-state index contributed by atoms with van der Waals surface area (Å²) in [5.74, 6) is -2.31. The van der Waals surface area contributed by atoms with E-state index in [0.717, 1.165) is 12.1 Å². The number of H-pyrrole nitrogens is 1. The Bertz CT molecular complexity index is 813. The Hall–Kier alpha value is -3.01. The molecule has 0 unspecified atom stereocenters. The highest BCUT2D eigenvalue weighted by molar-refractivity contribution is 6.05. The van der Waals surface area contributed by atoms with Gasteiger partial charge in [0.05, 0.1) is 18.0 Å². The van der Waals surface area contributed by atoms with Gasteiger partial charge in [0.1, 0.15) is 23.0 Å². The molecule has 1 saturated carbocycles. The number of carbonyl (C=O) groups is 2. The molecule has 3 rings (SSSR count). The first-order chi connectivity index (χ1) is 12.9. The molecule has 144 valence electrons. The molecule has 0 bridgehead atoms. The van der Waals surface area contributed by atoms with Crippen molar-refractivity contribution in [3.63, 3.8) is 0 Å². The highest BCUT2D eigenvalue weighted by Crippen LogP contribution is 2.21. The number of benzene rings is 1. The number of aliphatic hydroxyl groups excluding tert-OH is 1. The number of para-hydroxylation sites is 1. The molecule has 1 aliphatic carbocycles. The molecule has 0 radical (unpaired) electrons. The van der Waals surface area contributed by atoms with Crippen LogP contribution in [0.3, 0.4) is 0 Å². The number of anilines is 2. The van der Waals surface area contributed by atoms with Gasteiger partial charge in [-0.05, 0) is 37.8 Å². The molecule has 0 aliphatic heterocycles. The zero-order valence-electron chi connectivity index (χ0n) is 14.3. The van der Waals surface area contributed by atoms with Crippen molar-refractivity contribution in [2.45, 2.75) is 37.8 Å². The van der Waals surface area contributed by atoms with Gasteiger partial charge in [0.25, 0.3) is 5.91 Å². The van der Waals surface area contributed by atoms with Crippen LogP contribution < -0.4 is 16.0 Å². The predicted octanol–water partition coefficient (Wildman–Crippen LogP) is 2.37. The van der Waals surface area contributed by atoms with Crippen molar-refractivity contribution in [1.29, 1.82) is 0 Å².